The molecule has 0 unspecified atom stereocenters. The molecule has 1 rings (SSSR count). The third-order valence-corrected chi connectivity index (χ3v) is 3.04. The van der Waals surface area contributed by atoms with E-state index in [-0.39, 0.29) is 24.0 Å². The summed E-state index contributed by atoms with van der Waals surface area (Å²) in [5.74, 6) is 0.901. The topological polar surface area (TPSA) is 39.7 Å². The zero-order chi connectivity index (χ0) is 14.8. The summed E-state index contributed by atoms with van der Waals surface area (Å²) in [6.07, 6.45) is 2.36. The maximum absolute atomic E-state index is 4.61. The lowest BCUT2D eigenvalue weighted by Crippen LogP contribution is -2.37. The molecule has 0 amide bonds. The second-order valence-corrected chi connectivity index (χ2v) is 5.04. The summed E-state index contributed by atoms with van der Waals surface area (Å²) in [7, 11) is 4.10. The fourth-order valence-electron chi connectivity index (χ4n) is 1.80. The van der Waals surface area contributed by atoms with Crippen molar-refractivity contribution in [2.75, 3.05) is 32.1 Å². The van der Waals surface area contributed by atoms with E-state index in [1.54, 1.807) is 0 Å². The molecule has 0 saturated heterocycles. The highest BCUT2D eigenvalue weighted by Gasteiger charge is 1.98. The molecule has 0 atom stereocenters. The van der Waals surface area contributed by atoms with Crippen LogP contribution in [0.4, 0.5) is 5.69 Å². The summed E-state index contributed by atoms with van der Waals surface area (Å²) in [6, 6.07) is 8.52. The predicted molar refractivity (Wildman–Crippen MR) is 104 cm³/mol. The fraction of sp³-hybridized carbons (Fsp3) is 0.562. The number of anilines is 1. The summed E-state index contributed by atoms with van der Waals surface area (Å²) in [6.45, 7) is 6.84. The second kappa shape index (κ2) is 11.7. The first kappa shape index (κ1) is 20.0. The smallest absolute Gasteiger partial charge is 0.191 e. The van der Waals surface area contributed by atoms with Crippen molar-refractivity contribution < 1.29 is 0 Å². The number of nitrogens with zero attached hydrogens (tertiary/aromatic N) is 2. The average molecular weight is 404 g/mol. The van der Waals surface area contributed by atoms with Gasteiger partial charge in [-0.1, -0.05) is 25.5 Å². The molecule has 0 spiro atoms. The molecule has 1 aromatic carbocycles. The molecule has 0 aromatic heterocycles. The van der Waals surface area contributed by atoms with Crippen LogP contribution in [0.1, 0.15) is 32.3 Å². The van der Waals surface area contributed by atoms with Crippen LogP contribution in [-0.4, -0.2) is 33.1 Å². The van der Waals surface area contributed by atoms with Gasteiger partial charge >= 0.3 is 0 Å². The molecule has 21 heavy (non-hydrogen) atoms. The Balaban J connectivity index is 0.00000400. The quantitative estimate of drug-likeness (QED) is 0.317. The summed E-state index contributed by atoms with van der Waals surface area (Å²) in [5, 5.41) is 6.62. The van der Waals surface area contributed by atoms with Gasteiger partial charge in [-0.25, -0.2) is 4.99 Å². The molecule has 0 bridgehead atoms. The normalized spacial score (nSPS) is 10.8. The van der Waals surface area contributed by atoms with Crippen molar-refractivity contribution in [2.45, 2.75) is 33.2 Å². The van der Waals surface area contributed by atoms with Gasteiger partial charge in [-0.05, 0) is 31.0 Å². The molecule has 4 nitrogen and oxygen atoms in total. The predicted octanol–water partition coefficient (Wildman–Crippen LogP) is 3.23. The number of aliphatic imine (C=N–C) groups is 1. The van der Waals surface area contributed by atoms with Gasteiger partial charge in [0.1, 0.15) is 0 Å². The maximum atomic E-state index is 4.61. The lowest BCUT2D eigenvalue weighted by atomic mass is 10.2. The van der Waals surface area contributed by atoms with Crippen LogP contribution in [0.5, 0.6) is 0 Å². The van der Waals surface area contributed by atoms with E-state index >= 15 is 0 Å². The monoisotopic (exact) mass is 404 g/mol. The highest BCUT2D eigenvalue weighted by atomic mass is 127. The van der Waals surface area contributed by atoms with Gasteiger partial charge in [0.25, 0.3) is 0 Å². The molecule has 2 N–H and O–H groups in total. The molecule has 0 aliphatic carbocycles. The molecular formula is C16H29IN4. The lowest BCUT2D eigenvalue weighted by molar-refractivity contribution is 0.730. The molecule has 0 heterocycles. The number of hydrogen-bond acceptors (Lipinski definition) is 2. The van der Waals surface area contributed by atoms with Crippen LogP contribution in [0.25, 0.3) is 0 Å². The van der Waals surface area contributed by atoms with Crippen LogP contribution in [0.15, 0.2) is 29.3 Å². The van der Waals surface area contributed by atoms with Crippen molar-refractivity contribution in [2.24, 2.45) is 4.99 Å². The average Bonchev–Trinajstić information content (AvgIpc) is 2.45. The van der Waals surface area contributed by atoms with Crippen molar-refractivity contribution >= 4 is 35.6 Å². The molecule has 0 radical (unpaired) electrons. The van der Waals surface area contributed by atoms with E-state index in [1.807, 2.05) is 14.1 Å². The van der Waals surface area contributed by atoms with Crippen molar-refractivity contribution in [3.8, 4) is 0 Å². The minimum absolute atomic E-state index is 0. The Hall–Kier alpha value is -0.980. The second-order valence-electron chi connectivity index (χ2n) is 5.04. The molecule has 1 aromatic rings. The number of benzene rings is 1. The Morgan fingerprint density at radius 1 is 1.10 bits per heavy atom. The highest BCUT2D eigenvalue weighted by molar-refractivity contribution is 14.0. The number of nitrogens with one attached hydrogen (secondary N) is 2. The minimum Gasteiger partial charge on any atom is -0.378 e. The van der Waals surface area contributed by atoms with Gasteiger partial charge in [0.15, 0.2) is 5.96 Å². The zero-order valence-corrected chi connectivity index (χ0v) is 16.0. The summed E-state index contributed by atoms with van der Waals surface area (Å²) >= 11 is 0. The lowest BCUT2D eigenvalue weighted by Gasteiger charge is -2.13. The van der Waals surface area contributed by atoms with Crippen LogP contribution in [0.3, 0.4) is 0 Å². The Bertz CT molecular complexity index is 401. The van der Waals surface area contributed by atoms with Gasteiger partial charge in [0.2, 0.25) is 0 Å². The number of rotatable bonds is 7. The summed E-state index contributed by atoms with van der Waals surface area (Å²) in [4.78, 5) is 6.71. The van der Waals surface area contributed by atoms with Crippen molar-refractivity contribution in [3.05, 3.63) is 29.8 Å². The van der Waals surface area contributed by atoms with Gasteiger partial charge in [-0.2, -0.15) is 0 Å². The first-order valence-corrected chi connectivity index (χ1v) is 7.45. The van der Waals surface area contributed by atoms with E-state index < -0.39 is 0 Å². The molecule has 0 saturated carbocycles. The van der Waals surface area contributed by atoms with E-state index in [0.29, 0.717) is 6.54 Å². The fourth-order valence-corrected chi connectivity index (χ4v) is 1.80. The third-order valence-electron chi connectivity index (χ3n) is 3.04. The van der Waals surface area contributed by atoms with Gasteiger partial charge in [-0.15, -0.1) is 24.0 Å². The number of halogens is 1. The largest absolute Gasteiger partial charge is 0.378 e. The molecule has 0 aliphatic heterocycles. The highest BCUT2D eigenvalue weighted by Crippen LogP contribution is 2.12. The van der Waals surface area contributed by atoms with Crippen LogP contribution in [0.2, 0.25) is 0 Å². The van der Waals surface area contributed by atoms with Crippen LogP contribution in [0, 0.1) is 0 Å². The van der Waals surface area contributed by atoms with Gasteiger partial charge in [0.05, 0.1) is 6.54 Å². The third kappa shape index (κ3) is 8.14. The number of hydrogen-bond donors (Lipinski definition) is 2. The first-order valence-electron chi connectivity index (χ1n) is 7.45. The number of guanidine groups is 1. The van der Waals surface area contributed by atoms with E-state index in [4.69, 9.17) is 0 Å². The van der Waals surface area contributed by atoms with Crippen molar-refractivity contribution in [1.82, 2.24) is 10.6 Å². The molecule has 5 heteroatoms. The Labute approximate surface area is 146 Å². The maximum Gasteiger partial charge on any atom is 0.191 e. The van der Waals surface area contributed by atoms with Gasteiger partial charge in [0, 0.05) is 32.9 Å². The van der Waals surface area contributed by atoms with Crippen molar-refractivity contribution in [3.63, 3.8) is 0 Å². The van der Waals surface area contributed by atoms with E-state index in [0.717, 1.165) is 19.0 Å². The van der Waals surface area contributed by atoms with Crippen LogP contribution in [-0.2, 0) is 6.54 Å². The van der Waals surface area contributed by atoms with E-state index in [2.05, 4.69) is 58.6 Å². The number of unbranched alkanes of at least 4 members (excludes halogenated alkanes) is 1. The minimum atomic E-state index is 0. The SMILES string of the molecule is CCCCNC(=NCc1ccc(N(C)C)cc1)NCC.I. The zero-order valence-electron chi connectivity index (χ0n) is 13.6. The van der Waals surface area contributed by atoms with Gasteiger partial charge in [-0.3, -0.25) is 0 Å². The standard InChI is InChI=1S/C16H28N4.HI/c1-5-7-12-18-16(17-6-2)19-13-14-8-10-15(11-9-14)20(3)4;/h8-11H,5-7,12-13H2,1-4H3,(H2,17,18,19);1H. The summed E-state index contributed by atoms with van der Waals surface area (Å²) < 4.78 is 0. The molecule has 120 valence electrons. The van der Waals surface area contributed by atoms with Crippen LogP contribution >= 0.6 is 24.0 Å². The van der Waals surface area contributed by atoms with E-state index in [9.17, 15) is 0 Å². The Morgan fingerprint density at radius 2 is 1.76 bits per heavy atom. The van der Waals surface area contributed by atoms with Gasteiger partial charge < -0.3 is 15.5 Å². The Kier molecular flexibility index (Phi) is 11.1. The molecule has 0 fully saturated rings. The summed E-state index contributed by atoms with van der Waals surface area (Å²) in [5.41, 5.74) is 2.44. The van der Waals surface area contributed by atoms with Crippen molar-refractivity contribution in [1.29, 1.82) is 0 Å². The molecule has 0 aliphatic rings. The first-order chi connectivity index (χ1) is 9.67. The van der Waals surface area contributed by atoms with Crippen LogP contribution < -0.4 is 15.5 Å². The van der Waals surface area contributed by atoms with E-state index in [1.165, 1.54) is 24.1 Å². The Morgan fingerprint density at radius 3 is 2.29 bits per heavy atom. The molecular weight excluding hydrogens is 375 g/mol.